The summed E-state index contributed by atoms with van der Waals surface area (Å²) in [5.41, 5.74) is 2.95. The molecule has 0 unspecified atom stereocenters. The van der Waals surface area contributed by atoms with Crippen molar-refractivity contribution < 1.29 is 49.0 Å². The van der Waals surface area contributed by atoms with Crippen molar-refractivity contribution in [2.45, 2.75) is 31.1 Å². The van der Waals surface area contributed by atoms with Gasteiger partial charge in [-0.05, 0) is 56.6 Å². The van der Waals surface area contributed by atoms with E-state index in [0.29, 0.717) is 17.0 Å². The molecule has 1 amide bonds. The van der Waals surface area contributed by atoms with Gasteiger partial charge in [-0.2, -0.15) is 0 Å². The molecule has 2 aromatic rings. The number of hydrogen-bond donors (Lipinski definition) is 5. The summed E-state index contributed by atoms with van der Waals surface area (Å²) in [7, 11) is 8.03. The van der Waals surface area contributed by atoms with Gasteiger partial charge in [0.05, 0.1) is 24.3 Å². The Balaban J connectivity index is 1.72. The molecular weight excluding hydrogens is 550 g/mol. The number of nitrogens with two attached hydrogens (primary N) is 1. The Hall–Kier alpha value is -4.17. The summed E-state index contributed by atoms with van der Waals surface area (Å²) in [5, 5.41) is 45.9. The van der Waals surface area contributed by atoms with E-state index in [1.165, 1.54) is 12.0 Å². The van der Waals surface area contributed by atoms with Gasteiger partial charge in [0.1, 0.15) is 41.0 Å². The fourth-order valence-corrected chi connectivity index (χ4v) is 6.60. The van der Waals surface area contributed by atoms with Gasteiger partial charge >= 0.3 is 0 Å². The van der Waals surface area contributed by atoms with Gasteiger partial charge in [0.25, 0.3) is 5.91 Å². The molecule has 0 saturated heterocycles. The summed E-state index contributed by atoms with van der Waals surface area (Å²) >= 11 is 0. The van der Waals surface area contributed by atoms with E-state index in [1.807, 2.05) is 0 Å². The second-order valence-corrected chi connectivity index (χ2v) is 11.2. The van der Waals surface area contributed by atoms with Crippen LogP contribution >= 0.6 is 0 Å². The van der Waals surface area contributed by atoms with Gasteiger partial charge in [0.2, 0.25) is 5.78 Å². The van der Waals surface area contributed by atoms with Crippen LogP contribution in [0.2, 0.25) is 0 Å². The van der Waals surface area contributed by atoms with Crippen LogP contribution in [-0.2, 0) is 37.2 Å². The van der Waals surface area contributed by atoms with E-state index in [9.17, 15) is 34.8 Å². The lowest BCUT2D eigenvalue weighted by Gasteiger charge is -2.50. The lowest BCUT2D eigenvalue weighted by atomic mass is 9.57. The minimum absolute atomic E-state index is 0.00217. The molecule has 0 bridgehead atoms. The van der Waals surface area contributed by atoms with E-state index in [4.69, 9.17) is 15.0 Å². The average Bonchev–Trinajstić information content (AvgIpc) is 3.37. The van der Waals surface area contributed by atoms with Crippen molar-refractivity contribution >= 4 is 28.9 Å². The zero-order valence-corrected chi connectivity index (χ0v) is 23.8. The van der Waals surface area contributed by atoms with Crippen LogP contribution in [-0.4, -0.2) is 89.7 Å². The van der Waals surface area contributed by atoms with Gasteiger partial charge in [-0.15, -0.1) is 0 Å². The molecule has 6 N–H and O–H groups in total. The summed E-state index contributed by atoms with van der Waals surface area (Å²) in [5.74, 6) is -6.41. The van der Waals surface area contributed by atoms with Crippen molar-refractivity contribution in [2.24, 2.45) is 17.6 Å². The summed E-state index contributed by atoms with van der Waals surface area (Å²) in [6.07, 6.45) is 0.170. The van der Waals surface area contributed by atoms with Gasteiger partial charge in [-0.1, -0.05) is 0 Å². The first kappa shape index (κ1) is 29.3. The molecule has 0 radical (unpaired) electrons. The molecule has 5 rings (SSSR count). The van der Waals surface area contributed by atoms with Crippen LogP contribution in [0, 0.1) is 11.8 Å². The monoisotopic (exact) mass is 583 g/mol. The number of phenols is 1. The van der Waals surface area contributed by atoms with Crippen molar-refractivity contribution in [2.75, 3.05) is 40.2 Å². The minimum Gasteiger partial charge on any atom is -0.508 e. The molecule has 0 spiro atoms. The van der Waals surface area contributed by atoms with Gasteiger partial charge in [-0.25, -0.2) is 9.78 Å². The van der Waals surface area contributed by atoms with Crippen molar-refractivity contribution in [3.05, 3.63) is 52.0 Å². The standard InChI is InChI=1S/C29H33N3O10/c1-31(2)17-10-15(18-7-6-13(42-18)11-41-40-5)23(33)20-14(17)8-12-9-16-22(32(3)4)25(35)21(28(30)38)27(37)29(16,39)26(36)19(12)24(20)34/h6-7,10,12,16,22,33-34,37,39H,8-9,11H2,1-5H3,(H2,30,38)/t12-,16-,22-,29-/m0/s1. The van der Waals surface area contributed by atoms with Gasteiger partial charge in [-0.3, -0.25) is 19.3 Å². The molecule has 1 fully saturated rings. The molecule has 13 heteroatoms. The second-order valence-electron chi connectivity index (χ2n) is 11.2. The number of primary amides is 1. The molecule has 1 aromatic heterocycles. The van der Waals surface area contributed by atoms with Crippen LogP contribution in [0.4, 0.5) is 5.69 Å². The number of aliphatic hydroxyl groups is 3. The maximum absolute atomic E-state index is 14.1. The Bertz CT molecular complexity index is 1570. The molecule has 3 aliphatic carbocycles. The van der Waals surface area contributed by atoms with E-state index < -0.39 is 58.0 Å². The smallest absolute Gasteiger partial charge is 0.255 e. The third kappa shape index (κ3) is 4.11. The van der Waals surface area contributed by atoms with Crippen LogP contribution in [0.25, 0.3) is 17.1 Å². The van der Waals surface area contributed by atoms with Crippen LogP contribution in [0.3, 0.4) is 0 Å². The highest BCUT2D eigenvalue weighted by Gasteiger charge is 2.64. The highest BCUT2D eigenvalue weighted by molar-refractivity contribution is 6.24. The summed E-state index contributed by atoms with van der Waals surface area (Å²) in [6, 6.07) is 3.79. The Morgan fingerprint density at radius 2 is 1.86 bits per heavy atom. The molecule has 1 heterocycles. The molecule has 4 atom stereocenters. The number of benzene rings is 1. The number of likely N-dealkylation sites (N-methyl/N-ethyl adjacent to an activating group) is 1. The average molecular weight is 584 g/mol. The summed E-state index contributed by atoms with van der Waals surface area (Å²) in [4.78, 5) is 52.3. The highest BCUT2D eigenvalue weighted by atomic mass is 17.2. The van der Waals surface area contributed by atoms with Crippen LogP contribution in [0.15, 0.2) is 39.5 Å². The molecule has 1 saturated carbocycles. The van der Waals surface area contributed by atoms with E-state index in [2.05, 4.69) is 4.89 Å². The number of nitrogens with zero attached hydrogens (tertiary/aromatic N) is 2. The number of amides is 1. The van der Waals surface area contributed by atoms with Crippen molar-refractivity contribution in [3.63, 3.8) is 0 Å². The topological polar surface area (TPSA) is 196 Å². The normalized spacial score (nSPS) is 25.5. The van der Waals surface area contributed by atoms with Crippen LogP contribution in [0.1, 0.15) is 23.3 Å². The maximum Gasteiger partial charge on any atom is 0.255 e. The van der Waals surface area contributed by atoms with Crippen molar-refractivity contribution in [1.82, 2.24) is 4.90 Å². The number of rotatable bonds is 7. The van der Waals surface area contributed by atoms with E-state index >= 15 is 0 Å². The first-order valence-corrected chi connectivity index (χ1v) is 13.2. The third-order valence-electron chi connectivity index (χ3n) is 8.43. The molecule has 42 heavy (non-hydrogen) atoms. The largest absolute Gasteiger partial charge is 0.508 e. The number of phenolic OH excluding ortho intramolecular Hbond substituents is 1. The van der Waals surface area contributed by atoms with Crippen LogP contribution < -0.4 is 10.6 Å². The zero-order valence-electron chi connectivity index (χ0n) is 23.8. The highest BCUT2D eigenvalue weighted by Crippen LogP contribution is 2.55. The van der Waals surface area contributed by atoms with Crippen molar-refractivity contribution in [3.8, 4) is 17.1 Å². The fourth-order valence-electron chi connectivity index (χ4n) is 6.60. The third-order valence-corrected chi connectivity index (χ3v) is 8.43. The molecular formula is C29H33N3O10. The number of Topliss-reactive ketones (excluding diaryl/α,β-unsaturated/α-hetero) is 2. The predicted molar refractivity (Wildman–Crippen MR) is 148 cm³/mol. The molecule has 3 aliphatic rings. The van der Waals surface area contributed by atoms with Gasteiger partial charge in [0.15, 0.2) is 11.4 Å². The number of hydrogen-bond acceptors (Lipinski definition) is 12. The van der Waals surface area contributed by atoms with E-state index in [0.717, 1.165) is 0 Å². The quantitative estimate of drug-likeness (QED) is 0.179. The SMILES string of the molecule is COOCc1ccc(-c2cc(N(C)C)c3c(c2O)C(O)=C2C(=O)[C@]4(O)C(O)=C(C(N)=O)C(=O)[C@@H](N(C)C)[C@@H]4C[C@@H]2C3)o1. The number of aromatic hydroxyl groups is 1. The first-order valence-electron chi connectivity index (χ1n) is 13.2. The van der Waals surface area contributed by atoms with Crippen LogP contribution in [0.5, 0.6) is 5.75 Å². The Labute approximate surface area is 240 Å². The van der Waals surface area contributed by atoms with Crippen molar-refractivity contribution in [1.29, 1.82) is 0 Å². The number of ketones is 2. The Morgan fingerprint density at radius 1 is 1.17 bits per heavy atom. The second kappa shape index (κ2) is 10.3. The summed E-state index contributed by atoms with van der Waals surface area (Å²) < 4.78 is 5.81. The van der Waals surface area contributed by atoms with Gasteiger partial charge in [0, 0.05) is 31.3 Å². The first-order chi connectivity index (χ1) is 19.7. The Morgan fingerprint density at radius 3 is 2.45 bits per heavy atom. The summed E-state index contributed by atoms with van der Waals surface area (Å²) in [6.45, 7) is 0.00865. The minimum atomic E-state index is -2.71. The molecule has 1 aromatic carbocycles. The molecule has 224 valence electrons. The zero-order chi connectivity index (χ0) is 30.8. The number of furan rings is 1. The Kier molecular flexibility index (Phi) is 7.18. The van der Waals surface area contributed by atoms with E-state index in [1.54, 1.807) is 51.3 Å². The fraction of sp³-hybridized carbons (Fsp3) is 0.414. The molecule has 0 aliphatic heterocycles. The van der Waals surface area contributed by atoms with E-state index in [-0.39, 0.29) is 47.7 Å². The predicted octanol–water partition coefficient (Wildman–Crippen LogP) is 1.37. The number of anilines is 1. The number of aliphatic hydroxyl groups excluding tert-OH is 2. The number of carbonyl (C=O) groups is 3. The number of fused-ring (bicyclic) bond motifs is 3. The number of carbonyl (C=O) groups excluding carboxylic acids is 3. The van der Waals surface area contributed by atoms with Gasteiger partial charge < -0.3 is 35.5 Å². The molecule has 13 nitrogen and oxygen atoms in total. The lowest BCUT2D eigenvalue weighted by molar-refractivity contribution is -0.284. The lowest BCUT2D eigenvalue weighted by Crippen LogP contribution is -2.65. The maximum atomic E-state index is 14.1.